The molecule has 0 saturated carbocycles. The van der Waals surface area contributed by atoms with Gasteiger partial charge in [0.05, 0.1) is 0 Å². The third-order valence-electron chi connectivity index (χ3n) is 1.75. The van der Waals surface area contributed by atoms with Gasteiger partial charge in [-0.3, -0.25) is 0 Å². The average Bonchev–Trinajstić information content (AvgIpc) is 2.17. The highest BCUT2D eigenvalue weighted by Crippen LogP contribution is 2.11. The van der Waals surface area contributed by atoms with E-state index in [2.05, 4.69) is 18.2 Å². The van der Waals surface area contributed by atoms with Crippen molar-refractivity contribution < 1.29 is 0 Å². The molecule has 2 N–H and O–H groups in total. The van der Waals surface area contributed by atoms with E-state index in [-0.39, 0.29) is 0 Å². The smallest absolute Gasteiger partial charge is 0.00368 e. The maximum absolute atomic E-state index is 5.44. The Morgan fingerprint density at radius 2 is 2.30 bits per heavy atom. The summed E-state index contributed by atoms with van der Waals surface area (Å²) < 4.78 is 0. The maximum atomic E-state index is 5.44. The molecule has 0 saturated heterocycles. The molecule has 0 spiro atoms. The van der Waals surface area contributed by atoms with Crippen molar-refractivity contribution in [1.29, 1.82) is 0 Å². The van der Waals surface area contributed by atoms with E-state index in [1.807, 2.05) is 0 Å². The van der Waals surface area contributed by atoms with Gasteiger partial charge in [0.25, 0.3) is 0 Å². The molecular formula is C9H15N. The van der Waals surface area contributed by atoms with Crippen LogP contribution in [-0.4, -0.2) is 6.54 Å². The molecule has 1 heteroatoms. The molecule has 1 rings (SSSR count). The fourth-order valence-electron chi connectivity index (χ4n) is 1.18. The minimum atomic E-state index is 0.774. The summed E-state index contributed by atoms with van der Waals surface area (Å²) in [5, 5.41) is 0. The van der Waals surface area contributed by atoms with Crippen molar-refractivity contribution in [1.82, 2.24) is 0 Å². The Hall–Kier alpha value is -0.560. The second-order valence-corrected chi connectivity index (χ2v) is 2.65. The molecule has 0 heterocycles. The lowest BCUT2D eigenvalue weighted by Crippen LogP contribution is -1.98. The lowest BCUT2D eigenvalue weighted by molar-refractivity contribution is 0.870. The van der Waals surface area contributed by atoms with Crippen molar-refractivity contribution in [2.45, 2.75) is 25.7 Å². The predicted octanol–water partition coefficient (Wildman–Crippen LogP) is 2.00. The number of rotatable bonds is 2. The van der Waals surface area contributed by atoms with Crippen LogP contribution in [0.15, 0.2) is 23.8 Å². The molecule has 1 nitrogen and oxygen atoms in total. The highest BCUT2D eigenvalue weighted by molar-refractivity contribution is 5.20. The van der Waals surface area contributed by atoms with Crippen molar-refractivity contribution in [3.8, 4) is 0 Å². The Morgan fingerprint density at radius 1 is 1.40 bits per heavy atom. The number of nitrogens with two attached hydrogens (primary N) is 1. The summed E-state index contributed by atoms with van der Waals surface area (Å²) in [4.78, 5) is 0. The number of hydrogen-bond acceptors (Lipinski definition) is 1. The van der Waals surface area contributed by atoms with Gasteiger partial charge in [-0.1, -0.05) is 23.8 Å². The van der Waals surface area contributed by atoms with Gasteiger partial charge in [-0.05, 0) is 32.2 Å². The zero-order valence-electron chi connectivity index (χ0n) is 6.34. The first-order chi connectivity index (χ1) is 4.93. The Bertz CT molecular complexity index is 145. The Kier molecular flexibility index (Phi) is 3.23. The zero-order valence-corrected chi connectivity index (χ0v) is 6.34. The van der Waals surface area contributed by atoms with Crippen molar-refractivity contribution in [2.75, 3.05) is 6.54 Å². The van der Waals surface area contributed by atoms with Gasteiger partial charge in [-0.2, -0.15) is 0 Å². The molecule has 0 fully saturated rings. The maximum Gasteiger partial charge on any atom is -0.00368 e. The molecule has 0 unspecified atom stereocenters. The molecule has 0 aromatic carbocycles. The minimum absolute atomic E-state index is 0.774. The summed E-state index contributed by atoms with van der Waals surface area (Å²) in [7, 11) is 0. The van der Waals surface area contributed by atoms with Gasteiger partial charge < -0.3 is 5.73 Å². The van der Waals surface area contributed by atoms with Crippen LogP contribution in [0.4, 0.5) is 0 Å². The fraction of sp³-hybridized carbons (Fsp3) is 0.556. The standard InChI is InChI=1S/C9H15N/c10-8-7-9-5-3-1-2-4-6-9/h3,5-6H,1-2,4,7-8,10H2. The molecule has 0 amide bonds. The second kappa shape index (κ2) is 4.29. The minimum Gasteiger partial charge on any atom is -0.330 e. The van der Waals surface area contributed by atoms with Gasteiger partial charge in [0.1, 0.15) is 0 Å². The van der Waals surface area contributed by atoms with Crippen molar-refractivity contribution in [3.63, 3.8) is 0 Å². The lowest BCUT2D eigenvalue weighted by Gasteiger charge is -1.95. The van der Waals surface area contributed by atoms with Gasteiger partial charge in [-0.15, -0.1) is 0 Å². The molecule has 0 radical (unpaired) electrons. The van der Waals surface area contributed by atoms with E-state index < -0.39 is 0 Å². The summed E-state index contributed by atoms with van der Waals surface area (Å²) in [5.74, 6) is 0. The predicted molar refractivity (Wildman–Crippen MR) is 44.7 cm³/mol. The van der Waals surface area contributed by atoms with Gasteiger partial charge >= 0.3 is 0 Å². The van der Waals surface area contributed by atoms with Gasteiger partial charge in [0, 0.05) is 0 Å². The van der Waals surface area contributed by atoms with Crippen LogP contribution in [-0.2, 0) is 0 Å². The van der Waals surface area contributed by atoms with Crippen LogP contribution in [0.2, 0.25) is 0 Å². The van der Waals surface area contributed by atoms with Crippen LogP contribution >= 0.6 is 0 Å². The van der Waals surface area contributed by atoms with Crippen LogP contribution in [0.1, 0.15) is 25.7 Å². The van der Waals surface area contributed by atoms with Crippen LogP contribution < -0.4 is 5.73 Å². The van der Waals surface area contributed by atoms with Crippen molar-refractivity contribution in [2.24, 2.45) is 5.73 Å². The Morgan fingerprint density at radius 3 is 3.10 bits per heavy atom. The first-order valence-corrected chi connectivity index (χ1v) is 3.99. The van der Waals surface area contributed by atoms with E-state index >= 15 is 0 Å². The SMILES string of the molecule is NCCC1=CCCCC=C1. The Balaban J connectivity index is 2.44. The largest absolute Gasteiger partial charge is 0.330 e. The molecular weight excluding hydrogens is 122 g/mol. The molecule has 0 bridgehead atoms. The van der Waals surface area contributed by atoms with Crippen LogP contribution in [0.5, 0.6) is 0 Å². The van der Waals surface area contributed by atoms with E-state index in [1.165, 1.54) is 24.8 Å². The quantitative estimate of drug-likeness (QED) is 0.619. The first-order valence-electron chi connectivity index (χ1n) is 3.99. The van der Waals surface area contributed by atoms with Crippen molar-refractivity contribution >= 4 is 0 Å². The molecule has 0 aromatic heterocycles. The first kappa shape index (κ1) is 7.55. The molecule has 1 aliphatic carbocycles. The van der Waals surface area contributed by atoms with Gasteiger partial charge in [0.2, 0.25) is 0 Å². The summed E-state index contributed by atoms with van der Waals surface area (Å²) >= 11 is 0. The summed E-state index contributed by atoms with van der Waals surface area (Å²) in [5.41, 5.74) is 6.85. The van der Waals surface area contributed by atoms with Crippen molar-refractivity contribution in [3.05, 3.63) is 23.8 Å². The molecule has 56 valence electrons. The molecule has 0 aliphatic heterocycles. The van der Waals surface area contributed by atoms with E-state index in [4.69, 9.17) is 5.73 Å². The van der Waals surface area contributed by atoms with Gasteiger partial charge in [0.15, 0.2) is 0 Å². The lowest BCUT2D eigenvalue weighted by atomic mass is 10.1. The number of hydrogen-bond donors (Lipinski definition) is 1. The zero-order chi connectivity index (χ0) is 7.23. The molecule has 0 aromatic rings. The fourth-order valence-corrected chi connectivity index (χ4v) is 1.18. The molecule has 0 atom stereocenters. The third-order valence-corrected chi connectivity index (χ3v) is 1.75. The van der Waals surface area contributed by atoms with E-state index in [1.54, 1.807) is 0 Å². The van der Waals surface area contributed by atoms with Crippen LogP contribution in [0.3, 0.4) is 0 Å². The highest BCUT2D eigenvalue weighted by atomic mass is 14.5. The average molecular weight is 137 g/mol. The highest BCUT2D eigenvalue weighted by Gasteiger charge is 1.93. The summed E-state index contributed by atoms with van der Waals surface area (Å²) in [6.45, 7) is 0.774. The third kappa shape index (κ3) is 2.36. The second-order valence-electron chi connectivity index (χ2n) is 2.65. The van der Waals surface area contributed by atoms with Crippen LogP contribution in [0, 0.1) is 0 Å². The van der Waals surface area contributed by atoms with E-state index in [0.717, 1.165) is 13.0 Å². The van der Waals surface area contributed by atoms with Gasteiger partial charge in [-0.25, -0.2) is 0 Å². The monoisotopic (exact) mass is 137 g/mol. The van der Waals surface area contributed by atoms with E-state index in [9.17, 15) is 0 Å². The van der Waals surface area contributed by atoms with E-state index in [0.29, 0.717) is 0 Å². The summed E-state index contributed by atoms with van der Waals surface area (Å²) in [6, 6.07) is 0. The van der Waals surface area contributed by atoms with Crippen LogP contribution in [0.25, 0.3) is 0 Å². The topological polar surface area (TPSA) is 26.0 Å². The number of allylic oxidation sites excluding steroid dienone is 3. The summed E-state index contributed by atoms with van der Waals surface area (Å²) in [6.07, 6.45) is 11.5. The molecule has 10 heavy (non-hydrogen) atoms. The molecule has 1 aliphatic rings. The Labute approximate surface area is 62.6 Å². The normalized spacial score (nSPS) is 18.3.